The molecule has 19 heavy (non-hydrogen) atoms. The summed E-state index contributed by atoms with van der Waals surface area (Å²) in [6.07, 6.45) is 1.09. The molecular weight excluding hydrogens is 324 g/mol. The van der Waals surface area contributed by atoms with Crippen LogP contribution in [0.3, 0.4) is 0 Å². The minimum atomic E-state index is 0.765. The minimum absolute atomic E-state index is 0.765. The van der Waals surface area contributed by atoms with Crippen LogP contribution in [0.15, 0.2) is 28.1 Å². The summed E-state index contributed by atoms with van der Waals surface area (Å²) in [5, 5.41) is 6.66. The van der Waals surface area contributed by atoms with Crippen LogP contribution in [-0.4, -0.2) is 25.2 Å². The molecule has 1 aliphatic rings. The van der Waals surface area contributed by atoms with E-state index in [4.69, 9.17) is 9.72 Å². The molecule has 100 valence electrons. The van der Waals surface area contributed by atoms with E-state index in [1.807, 2.05) is 12.1 Å². The van der Waals surface area contributed by atoms with Crippen LogP contribution in [0.5, 0.6) is 5.75 Å². The Morgan fingerprint density at radius 1 is 1.47 bits per heavy atom. The largest absolute Gasteiger partial charge is 0.496 e. The molecule has 1 aromatic heterocycles. The topological polar surface area (TPSA) is 34.1 Å². The van der Waals surface area contributed by atoms with Crippen LogP contribution in [-0.2, 0) is 6.42 Å². The summed E-state index contributed by atoms with van der Waals surface area (Å²) in [6.45, 7) is 2.26. The molecule has 5 heteroatoms. The van der Waals surface area contributed by atoms with Crippen molar-refractivity contribution in [1.82, 2.24) is 10.3 Å². The summed E-state index contributed by atoms with van der Waals surface area (Å²) in [5.74, 6) is 1.61. The van der Waals surface area contributed by atoms with Gasteiger partial charge in [0.15, 0.2) is 0 Å². The van der Waals surface area contributed by atoms with Crippen LogP contribution >= 0.6 is 27.3 Å². The lowest BCUT2D eigenvalue weighted by Gasteiger charge is -2.25. The molecule has 0 radical (unpaired) electrons. The second-order valence-corrected chi connectivity index (χ2v) is 6.50. The first kappa shape index (κ1) is 13.1. The van der Waals surface area contributed by atoms with Crippen LogP contribution in [0.1, 0.15) is 5.01 Å². The predicted octanol–water partition coefficient (Wildman–Crippen LogP) is 3.34. The number of hydrogen-bond acceptors (Lipinski definition) is 4. The summed E-state index contributed by atoms with van der Waals surface area (Å²) in [4.78, 5) is 4.73. The number of benzene rings is 1. The highest BCUT2D eigenvalue weighted by molar-refractivity contribution is 9.10. The van der Waals surface area contributed by atoms with Gasteiger partial charge in [-0.2, -0.15) is 0 Å². The molecule has 1 saturated heterocycles. The van der Waals surface area contributed by atoms with Crippen molar-refractivity contribution in [2.75, 3.05) is 20.2 Å². The number of hydrogen-bond donors (Lipinski definition) is 1. The molecule has 2 heterocycles. The van der Waals surface area contributed by atoms with E-state index in [1.54, 1.807) is 18.4 Å². The molecular formula is C14H15BrN2OS. The summed E-state index contributed by atoms with van der Waals surface area (Å²) < 4.78 is 6.21. The Morgan fingerprint density at radius 2 is 2.32 bits per heavy atom. The zero-order valence-electron chi connectivity index (χ0n) is 10.6. The van der Waals surface area contributed by atoms with Gasteiger partial charge in [-0.25, -0.2) is 4.98 Å². The molecule has 0 amide bonds. The van der Waals surface area contributed by atoms with E-state index in [-0.39, 0.29) is 0 Å². The molecule has 1 aromatic carbocycles. The van der Waals surface area contributed by atoms with Crippen molar-refractivity contribution in [2.24, 2.45) is 5.92 Å². The number of aromatic nitrogens is 1. The molecule has 1 N–H and O–H groups in total. The summed E-state index contributed by atoms with van der Waals surface area (Å²) in [6, 6.07) is 6.07. The van der Waals surface area contributed by atoms with E-state index >= 15 is 0 Å². The van der Waals surface area contributed by atoms with E-state index < -0.39 is 0 Å². The average Bonchev–Trinajstić information content (AvgIpc) is 2.82. The third kappa shape index (κ3) is 2.83. The number of thiazole rings is 1. The van der Waals surface area contributed by atoms with Gasteiger partial charge in [-0.05, 0) is 53.1 Å². The first-order valence-corrected chi connectivity index (χ1v) is 7.92. The van der Waals surface area contributed by atoms with Crippen molar-refractivity contribution in [1.29, 1.82) is 0 Å². The van der Waals surface area contributed by atoms with Crippen molar-refractivity contribution in [3.05, 3.63) is 33.1 Å². The quantitative estimate of drug-likeness (QED) is 0.928. The fraction of sp³-hybridized carbons (Fsp3) is 0.357. The standard InChI is InChI=1S/C14H15BrN2OS/c1-18-13-3-2-10(5-11(13)15)12-8-19-14(17-12)4-9-6-16-7-9/h2-3,5,8-9,16H,4,6-7H2,1H3. The van der Waals surface area contributed by atoms with Crippen molar-refractivity contribution >= 4 is 27.3 Å². The van der Waals surface area contributed by atoms with Crippen molar-refractivity contribution < 1.29 is 4.74 Å². The van der Waals surface area contributed by atoms with Gasteiger partial charge in [-0.1, -0.05) is 0 Å². The van der Waals surface area contributed by atoms with Gasteiger partial charge in [-0.3, -0.25) is 0 Å². The number of nitrogens with one attached hydrogen (secondary N) is 1. The highest BCUT2D eigenvalue weighted by atomic mass is 79.9. The fourth-order valence-electron chi connectivity index (χ4n) is 2.10. The van der Waals surface area contributed by atoms with Gasteiger partial charge >= 0.3 is 0 Å². The van der Waals surface area contributed by atoms with Gasteiger partial charge in [0.2, 0.25) is 0 Å². The monoisotopic (exact) mass is 338 g/mol. The third-order valence-corrected chi connectivity index (χ3v) is 4.82. The Balaban J connectivity index is 1.79. The molecule has 0 atom stereocenters. The first-order valence-electron chi connectivity index (χ1n) is 6.25. The number of rotatable bonds is 4. The number of halogens is 1. The second kappa shape index (κ2) is 5.61. The van der Waals surface area contributed by atoms with Gasteiger partial charge in [0, 0.05) is 17.4 Å². The maximum absolute atomic E-state index is 5.24. The molecule has 0 saturated carbocycles. The van der Waals surface area contributed by atoms with Gasteiger partial charge in [0.05, 0.1) is 22.3 Å². The second-order valence-electron chi connectivity index (χ2n) is 4.70. The maximum atomic E-state index is 5.24. The van der Waals surface area contributed by atoms with Gasteiger partial charge in [-0.15, -0.1) is 11.3 Å². The molecule has 0 aliphatic carbocycles. The fourth-order valence-corrected chi connectivity index (χ4v) is 3.56. The lowest BCUT2D eigenvalue weighted by atomic mass is 10.0. The Morgan fingerprint density at radius 3 is 2.95 bits per heavy atom. The smallest absolute Gasteiger partial charge is 0.133 e. The van der Waals surface area contributed by atoms with Gasteiger partial charge in [0.25, 0.3) is 0 Å². The van der Waals surface area contributed by atoms with E-state index in [2.05, 4.69) is 32.7 Å². The SMILES string of the molecule is COc1ccc(-c2csc(CC3CNC3)n2)cc1Br. The Bertz CT molecular complexity index is 581. The molecule has 0 bridgehead atoms. The Hall–Kier alpha value is -0.910. The minimum Gasteiger partial charge on any atom is -0.496 e. The average molecular weight is 339 g/mol. The van der Waals surface area contributed by atoms with E-state index in [1.165, 1.54) is 5.01 Å². The maximum Gasteiger partial charge on any atom is 0.133 e. The number of nitrogens with zero attached hydrogens (tertiary/aromatic N) is 1. The van der Waals surface area contributed by atoms with Crippen LogP contribution in [0.2, 0.25) is 0 Å². The third-order valence-electron chi connectivity index (χ3n) is 3.33. The van der Waals surface area contributed by atoms with E-state index in [0.29, 0.717) is 0 Å². The Labute approximate surface area is 125 Å². The molecule has 2 aromatic rings. The van der Waals surface area contributed by atoms with Crippen molar-refractivity contribution in [3.63, 3.8) is 0 Å². The lowest BCUT2D eigenvalue weighted by molar-refractivity contribution is 0.346. The molecule has 3 rings (SSSR count). The van der Waals surface area contributed by atoms with Crippen LogP contribution in [0, 0.1) is 5.92 Å². The van der Waals surface area contributed by atoms with Crippen LogP contribution in [0.4, 0.5) is 0 Å². The number of ether oxygens (including phenoxy) is 1. The summed E-state index contributed by atoms with van der Waals surface area (Å²) >= 11 is 5.27. The van der Waals surface area contributed by atoms with Gasteiger partial charge in [0.1, 0.15) is 5.75 Å². The molecule has 1 aliphatic heterocycles. The van der Waals surface area contributed by atoms with E-state index in [0.717, 1.165) is 46.9 Å². The summed E-state index contributed by atoms with van der Waals surface area (Å²) in [7, 11) is 1.67. The molecule has 1 fully saturated rings. The zero-order chi connectivity index (χ0) is 13.2. The molecule has 0 unspecified atom stereocenters. The van der Waals surface area contributed by atoms with Gasteiger partial charge < -0.3 is 10.1 Å². The normalized spacial score (nSPS) is 15.3. The highest BCUT2D eigenvalue weighted by Gasteiger charge is 2.18. The molecule has 0 spiro atoms. The highest BCUT2D eigenvalue weighted by Crippen LogP contribution is 2.31. The van der Waals surface area contributed by atoms with E-state index in [9.17, 15) is 0 Å². The Kier molecular flexibility index (Phi) is 3.86. The first-order chi connectivity index (χ1) is 9.26. The predicted molar refractivity (Wildman–Crippen MR) is 81.9 cm³/mol. The van der Waals surface area contributed by atoms with Crippen molar-refractivity contribution in [3.8, 4) is 17.0 Å². The summed E-state index contributed by atoms with van der Waals surface area (Å²) in [5.41, 5.74) is 2.18. The van der Waals surface area contributed by atoms with Crippen LogP contribution < -0.4 is 10.1 Å². The lowest BCUT2D eigenvalue weighted by Crippen LogP contribution is -2.43. The van der Waals surface area contributed by atoms with Crippen molar-refractivity contribution in [2.45, 2.75) is 6.42 Å². The zero-order valence-corrected chi connectivity index (χ0v) is 13.1. The number of methoxy groups -OCH3 is 1. The molecule has 3 nitrogen and oxygen atoms in total. The van der Waals surface area contributed by atoms with Crippen LogP contribution in [0.25, 0.3) is 11.3 Å².